The third-order valence-corrected chi connectivity index (χ3v) is 4.57. The van der Waals surface area contributed by atoms with E-state index >= 15 is 0 Å². The lowest BCUT2D eigenvalue weighted by Crippen LogP contribution is -2.32. The molecule has 0 bridgehead atoms. The van der Waals surface area contributed by atoms with Crippen LogP contribution in [0.15, 0.2) is 41.1 Å². The van der Waals surface area contributed by atoms with Crippen LogP contribution in [0.4, 0.5) is 0 Å². The monoisotopic (exact) mass is 413 g/mol. The summed E-state index contributed by atoms with van der Waals surface area (Å²) in [5.74, 6) is -2.24. The van der Waals surface area contributed by atoms with Gasteiger partial charge in [0.1, 0.15) is 0 Å². The van der Waals surface area contributed by atoms with E-state index in [0.29, 0.717) is 11.3 Å². The van der Waals surface area contributed by atoms with Crippen molar-refractivity contribution in [2.75, 3.05) is 0 Å². The van der Waals surface area contributed by atoms with Gasteiger partial charge in [-0.3, -0.25) is 14.4 Å². The zero-order valence-corrected chi connectivity index (χ0v) is 15.1. The second-order valence-electron chi connectivity index (χ2n) is 4.75. The number of imide groups is 1. The van der Waals surface area contributed by atoms with Gasteiger partial charge in [0.05, 0.1) is 4.90 Å². The van der Waals surface area contributed by atoms with Crippen LogP contribution in [0.5, 0.6) is 0 Å². The van der Waals surface area contributed by atoms with Crippen molar-refractivity contribution >= 4 is 50.7 Å². The first kappa shape index (κ1) is 21.9. The molecule has 1 heterocycles. The van der Waals surface area contributed by atoms with E-state index in [-0.39, 0.29) is 23.3 Å². The maximum Gasteiger partial charge on any atom is 0.438 e. The predicted octanol–water partition coefficient (Wildman–Crippen LogP) is 0.877. The highest BCUT2D eigenvalue weighted by molar-refractivity contribution is 7.94. The fourth-order valence-electron chi connectivity index (χ4n) is 1.69. The van der Waals surface area contributed by atoms with Gasteiger partial charge in [-0.15, -0.1) is 5.06 Å². The molecule has 2 rings (SSSR count). The zero-order valence-electron chi connectivity index (χ0n) is 13.6. The van der Waals surface area contributed by atoms with Gasteiger partial charge < -0.3 is 10.4 Å². The maximum atomic E-state index is 11.2. The van der Waals surface area contributed by atoms with Gasteiger partial charge >= 0.3 is 12.2 Å². The number of hydroxylamine groups is 2. The highest BCUT2D eigenvalue weighted by atomic mass is 35.5. The second-order valence-corrected chi connectivity index (χ2v) is 6.98. The molecule has 1 aliphatic heterocycles. The van der Waals surface area contributed by atoms with Crippen LogP contribution in [-0.4, -0.2) is 47.5 Å². The van der Waals surface area contributed by atoms with Gasteiger partial charge in [-0.1, -0.05) is 6.58 Å². The average Bonchev–Trinajstić information content (AvgIpc) is 2.94. The Morgan fingerprint density at radius 3 is 2.11 bits per heavy atom. The topological polar surface area (TPSA) is 151 Å². The minimum Gasteiger partial charge on any atom is -0.361 e. The summed E-state index contributed by atoms with van der Waals surface area (Å²) < 4.78 is 22.5. The summed E-state index contributed by atoms with van der Waals surface area (Å²) >= 11 is 5.20. The number of carbonyl (C=O) groups is 4. The molecule has 0 unspecified atom stereocenters. The van der Waals surface area contributed by atoms with Gasteiger partial charge in [-0.25, -0.2) is 13.2 Å². The van der Waals surface area contributed by atoms with Gasteiger partial charge in [-0.05, 0) is 35.9 Å². The summed E-state index contributed by atoms with van der Waals surface area (Å²) in [5.41, 5.74) is 8.18. The van der Waals surface area contributed by atoms with Gasteiger partial charge in [-0.2, -0.15) is 4.79 Å². The lowest BCUT2D eigenvalue weighted by atomic mass is 10.2. The quantitative estimate of drug-likeness (QED) is 0.228. The maximum absolute atomic E-state index is 11.2. The number of hydrogen-bond acceptors (Lipinski definition) is 7. The molecule has 27 heavy (non-hydrogen) atoms. The van der Waals surface area contributed by atoms with Crippen molar-refractivity contribution in [2.45, 2.75) is 17.7 Å². The molecule has 1 fully saturated rings. The average molecular weight is 414 g/mol. The van der Waals surface area contributed by atoms with Crippen molar-refractivity contribution in [2.24, 2.45) is 0 Å². The highest BCUT2D eigenvalue weighted by Crippen LogP contribution is 2.14. The Balaban J connectivity index is 0.000000271. The Hall–Kier alpha value is -3.14. The first-order valence-corrected chi connectivity index (χ1v) is 8.97. The van der Waals surface area contributed by atoms with Crippen molar-refractivity contribution < 1.29 is 37.2 Å². The van der Waals surface area contributed by atoms with E-state index in [0.717, 1.165) is 5.41 Å². The third-order valence-electron chi connectivity index (χ3n) is 2.98. The van der Waals surface area contributed by atoms with Crippen molar-refractivity contribution in [1.29, 1.82) is 0 Å². The smallest absolute Gasteiger partial charge is 0.361 e. The molecule has 1 aromatic rings. The molecule has 1 aromatic carbocycles. The normalized spacial score (nSPS) is 13.1. The molecule has 2 amide bonds. The van der Waals surface area contributed by atoms with E-state index in [1.807, 2.05) is 0 Å². The molecule has 1 saturated heterocycles. The van der Waals surface area contributed by atoms with Crippen molar-refractivity contribution in [3.8, 4) is 0 Å². The van der Waals surface area contributed by atoms with Gasteiger partial charge in [0.25, 0.3) is 17.1 Å². The van der Waals surface area contributed by atoms with Gasteiger partial charge in [0.2, 0.25) is 0 Å². The van der Waals surface area contributed by atoms with E-state index in [1.165, 1.54) is 24.3 Å². The minimum absolute atomic E-state index is 0.0301. The van der Waals surface area contributed by atoms with Crippen LogP contribution >= 0.6 is 11.6 Å². The van der Waals surface area contributed by atoms with Crippen molar-refractivity contribution in [1.82, 2.24) is 5.06 Å². The lowest BCUT2D eigenvalue weighted by molar-refractivity contribution is -0.193. The SMILES string of the molecule is C=CS(=O)(=O)c1ccc(C(=O)Cl)cc1.[N-]=[N+]=CC(=O)ON1C(=O)CCC1=O. The standard InChI is InChI=1S/C9H7ClO3S.C6H5N3O4/c1-2-14(12,13)8-5-3-7(4-6-8)9(10)11;7-8-3-6(12)13-9-4(10)1-2-5(9)11/h2-6H,1H2;3H,1-2H2. The summed E-state index contributed by atoms with van der Waals surface area (Å²) in [6.45, 7) is 3.19. The first-order valence-electron chi connectivity index (χ1n) is 7.05. The van der Waals surface area contributed by atoms with Crippen LogP contribution < -0.4 is 0 Å². The lowest BCUT2D eigenvalue weighted by Gasteiger charge is -2.08. The van der Waals surface area contributed by atoms with Crippen LogP contribution in [0, 0.1) is 0 Å². The molecule has 10 nitrogen and oxygen atoms in total. The van der Waals surface area contributed by atoms with E-state index in [1.54, 1.807) is 0 Å². The summed E-state index contributed by atoms with van der Waals surface area (Å²) in [6.07, 6.45) is 0.504. The first-order chi connectivity index (χ1) is 12.6. The molecule has 1 aliphatic rings. The molecule has 12 heteroatoms. The van der Waals surface area contributed by atoms with E-state index < -0.39 is 32.9 Å². The molecule has 0 spiro atoms. The van der Waals surface area contributed by atoms with Gasteiger partial charge in [0.15, 0.2) is 9.84 Å². The summed E-state index contributed by atoms with van der Waals surface area (Å²) in [7, 11) is -3.43. The number of carbonyl (C=O) groups excluding carboxylic acids is 4. The summed E-state index contributed by atoms with van der Waals surface area (Å²) in [4.78, 5) is 49.7. The summed E-state index contributed by atoms with van der Waals surface area (Å²) in [5, 5.41) is 0.599. The van der Waals surface area contributed by atoms with Gasteiger partial charge in [0, 0.05) is 23.8 Å². The molecule has 0 atom stereocenters. The van der Waals surface area contributed by atoms with E-state index in [4.69, 9.17) is 17.1 Å². The number of amides is 2. The largest absolute Gasteiger partial charge is 0.438 e. The summed E-state index contributed by atoms with van der Waals surface area (Å²) in [6, 6.07) is 5.33. The van der Waals surface area contributed by atoms with Crippen LogP contribution in [0.2, 0.25) is 0 Å². The zero-order chi connectivity index (χ0) is 20.6. The Labute approximate surface area is 158 Å². The number of nitrogens with zero attached hydrogens (tertiary/aromatic N) is 3. The Bertz CT molecular complexity index is 919. The Kier molecular flexibility index (Phi) is 7.73. The molecule has 0 saturated carbocycles. The van der Waals surface area contributed by atoms with Crippen LogP contribution in [0.25, 0.3) is 5.53 Å². The molecular formula is C15H12ClN3O7S. The number of rotatable bonds is 5. The van der Waals surface area contributed by atoms with E-state index in [2.05, 4.69) is 16.2 Å². The molecule has 0 radical (unpaired) electrons. The highest BCUT2D eigenvalue weighted by Gasteiger charge is 2.33. The number of halogens is 1. The number of hydrogen-bond donors (Lipinski definition) is 0. The molecular weight excluding hydrogens is 402 g/mol. The molecule has 0 N–H and O–H groups in total. The van der Waals surface area contributed by atoms with Crippen LogP contribution in [0.1, 0.15) is 23.2 Å². The predicted molar refractivity (Wildman–Crippen MR) is 90.9 cm³/mol. The Morgan fingerprint density at radius 2 is 1.70 bits per heavy atom. The fourth-order valence-corrected chi connectivity index (χ4v) is 2.52. The molecule has 0 aromatic heterocycles. The Morgan fingerprint density at radius 1 is 1.19 bits per heavy atom. The second kappa shape index (κ2) is 9.53. The fraction of sp³-hybridized carbons (Fsp3) is 0.133. The van der Waals surface area contributed by atoms with Crippen LogP contribution in [0.3, 0.4) is 0 Å². The van der Waals surface area contributed by atoms with Crippen molar-refractivity contribution in [3.63, 3.8) is 0 Å². The number of sulfone groups is 1. The number of benzene rings is 1. The van der Waals surface area contributed by atoms with Crippen molar-refractivity contribution in [3.05, 3.63) is 47.3 Å². The minimum atomic E-state index is -3.43. The molecule has 142 valence electrons. The van der Waals surface area contributed by atoms with Crippen LogP contribution in [-0.2, 0) is 29.1 Å². The van der Waals surface area contributed by atoms with E-state index in [9.17, 15) is 27.6 Å². The third kappa shape index (κ3) is 6.26. The molecule has 0 aliphatic carbocycles.